The standard InChI is InChI=1S/C31H23ClF4N2O5S/c1-3-42-29(40)24-25(18-9-11-20(32)12-10-18)38-28(39)23(44-30(38)37-27(24)31(34,35)36)15-19-5-4-6-22(41-2)26(19)43-16-17-7-13-21(33)14-8-17/h4-15,25H,3,16H2,1-2H3/b23-15-/t25-/m0/s1. The number of rotatable bonds is 8. The van der Waals surface area contributed by atoms with Crippen molar-refractivity contribution in [2.24, 2.45) is 4.99 Å². The Labute approximate surface area is 256 Å². The van der Waals surface area contributed by atoms with Crippen molar-refractivity contribution < 1.29 is 36.6 Å². The lowest BCUT2D eigenvalue weighted by Crippen LogP contribution is -2.41. The molecule has 44 heavy (non-hydrogen) atoms. The Morgan fingerprint density at radius 1 is 1.09 bits per heavy atom. The average Bonchev–Trinajstić information content (AvgIpc) is 3.30. The van der Waals surface area contributed by atoms with Crippen LogP contribution in [0.5, 0.6) is 11.5 Å². The van der Waals surface area contributed by atoms with Crippen LogP contribution < -0.4 is 24.4 Å². The SMILES string of the molecule is CCOC(=O)C1=C(C(F)(F)F)N=c2s/c(=C\c3cccc(OC)c3OCc3ccc(F)cc3)c(=O)n2[C@H]1c1ccc(Cl)cc1. The number of fused-ring (bicyclic) bond motifs is 1. The number of hydrogen-bond acceptors (Lipinski definition) is 7. The van der Waals surface area contributed by atoms with Crippen molar-refractivity contribution in [3.63, 3.8) is 0 Å². The van der Waals surface area contributed by atoms with Crippen LogP contribution in [-0.2, 0) is 16.1 Å². The van der Waals surface area contributed by atoms with E-state index >= 15 is 0 Å². The third kappa shape index (κ3) is 6.27. The molecule has 0 unspecified atom stereocenters. The van der Waals surface area contributed by atoms with E-state index in [0.29, 0.717) is 21.9 Å². The number of hydrogen-bond donors (Lipinski definition) is 0. The molecule has 0 aliphatic carbocycles. The van der Waals surface area contributed by atoms with E-state index in [1.807, 2.05) is 0 Å². The normalized spacial score (nSPS) is 15.1. The van der Waals surface area contributed by atoms with Crippen molar-refractivity contribution in [2.45, 2.75) is 25.7 Å². The second-order valence-corrected chi connectivity index (χ2v) is 10.9. The summed E-state index contributed by atoms with van der Waals surface area (Å²) in [5, 5.41) is 0.310. The van der Waals surface area contributed by atoms with Gasteiger partial charge in [-0.25, -0.2) is 14.2 Å². The molecule has 0 radical (unpaired) electrons. The number of alkyl halides is 3. The Balaban J connectivity index is 1.70. The van der Waals surface area contributed by atoms with Crippen molar-refractivity contribution in [1.82, 2.24) is 4.57 Å². The summed E-state index contributed by atoms with van der Waals surface area (Å²) in [5.74, 6) is -1.07. The second kappa shape index (κ2) is 12.7. The lowest BCUT2D eigenvalue weighted by atomic mass is 9.95. The fourth-order valence-corrected chi connectivity index (χ4v) is 5.76. The molecule has 0 fully saturated rings. The molecule has 2 heterocycles. The molecule has 0 saturated heterocycles. The van der Waals surface area contributed by atoms with Crippen LogP contribution in [0.1, 0.15) is 29.7 Å². The lowest BCUT2D eigenvalue weighted by molar-refractivity contribution is -0.140. The molecule has 5 rings (SSSR count). The summed E-state index contributed by atoms with van der Waals surface area (Å²) in [6.45, 7) is 1.31. The number of allylic oxidation sites excluding steroid dienone is 1. The maximum atomic E-state index is 14.4. The Morgan fingerprint density at radius 2 is 1.80 bits per heavy atom. The van der Waals surface area contributed by atoms with E-state index in [-0.39, 0.29) is 33.9 Å². The van der Waals surface area contributed by atoms with Gasteiger partial charge < -0.3 is 14.2 Å². The molecular weight excluding hydrogens is 624 g/mol. The molecule has 0 N–H and O–H groups in total. The molecule has 3 aromatic carbocycles. The average molecular weight is 647 g/mol. The number of benzene rings is 3. The maximum absolute atomic E-state index is 14.4. The summed E-state index contributed by atoms with van der Waals surface area (Å²) in [6.07, 6.45) is -3.58. The summed E-state index contributed by atoms with van der Waals surface area (Å²) in [6, 6.07) is 14.9. The highest BCUT2D eigenvalue weighted by Crippen LogP contribution is 2.38. The molecule has 0 saturated carbocycles. The van der Waals surface area contributed by atoms with Gasteiger partial charge in [0.2, 0.25) is 0 Å². The van der Waals surface area contributed by atoms with Crippen molar-refractivity contribution >= 4 is 35.0 Å². The van der Waals surface area contributed by atoms with Gasteiger partial charge in [-0.1, -0.05) is 59.3 Å². The molecular formula is C31H23ClF4N2O5S. The predicted octanol–water partition coefficient (Wildman–Crippen LogP) is 5.72. The van der Waals surface area contributed by atoms with Gasteiger partial charge >= 0.3 is 12.1 Å². The molecule has 7 nitrogen and oxygen atoms in total. The van der Waals surface area contributed by atoms with Crippen LogP contribution in [0.15, 0.2) is 87.8 Å². The van der Waals surface area contributed by atoms with Crippen LogP contribution >= 0.6 is 22.9 Å². The Morgan fingerprint density at radius 3 is 2.43 bits per heavy atom. The number of ether oxygens (including phenoxy) is 3. The Bertz CT molecular complexity index is 1920. The number of aromatic nitrogens is 1. The first-order valence-corrected chi connectivity index (χ1v) is 14.3. The van der Waals surface area contributed by atoms with Crippen LogP contribution in [0.3, 0.4) is 0 Å². The van der Waals surface area contributed by atoms with E-state index in [2.05, 4.69) is 4.99 Å². The van der Waals surface area contributed by atoms with Crippen molar-refractivity contribution in [2.75, 3.05) is 13.7 Å². The minimum Gasteiger partial charge on any atom is -0.493 e. The molecule has 0 spiro atoms. The molecule has 1 aliphatic heterocycles. The molecule has 13 heteroatoms. The van der Waals surface area contributed by atoms with Crippen LogP contribution in [0, 0.1) is 5.82 Å². The number of methoxy groups -OCH3 is 1. The van der Waals surface area contributed by atoms with E-state index in [1.165, 1.54) is 56.5 Å². The lowest BCUT2D eigenvalue weighted by Gasteiger charge is -2.26. The monoisotopic (exact) mass is 646 g/mol. The summed E-state index contributed by atoms with van der Waals surface area (Å²) in [5.41, 5.74) is -1.70. The van der Waals surface area contributed by atoms with Gasteiger partial charge in [-0.2, -0.15) is 13.2 Å². The van der Waals surface area contributed by atoms with E-state index in [1.54, 1.807) is 30.3 Å². The first kappa shape index (κ1) is 31.0. The Kier molecular flexibility index (Phi) is 8.93. The van der Waals surface area contributed by atoms with E-state index in [9.17, 15) is 27.2 Å². The summed E-state index contributed by atoms with van der Waals surface area (Å²) >= 11 is 6.75. The van der Waals surface area contributed by atoms with Gasteiger partial charge in [0.25, 0.3) is 5.56 Å². The third-order valence-corrected chi connectivity index (χ3v) is 7.83. The van der Waals surface area contributed by atoms with Gasteiger partial charge in [0.15, 0.2) is 22.0 Å². The minimum absolute atomic E-state index is 0.0224. The highest BCUT2D eigenvalue weighted by molar-refractivity contribution is 7.07. The Hall–Kier alpha value is -4.42. The molecule has 228 valence electrons. The van der Waals surface area contributed by atoms with Gasteiger partial charge in [-0.15, -0.1) is 0 Å². The van der Waals surface area contributed by atoms with Crippen LogP contribution in [-0.4, -0.2) is 30.4 Å². The summed E-state index contributed by atoms with van der Waals surface area (Å²) in [4.78, 5) is 30.4. The zero-order valence-electron chi connectivity index (χ0n) is 23.2. The topological polar surface area (TPSA) is 79.1 Å². The molecule has 1 aliphatic rings. The van der Waals surface area contributed by atoms with Gasteiger partial charge in [0, 0.05) is 10.6 Å². The fourth-order valence-electron chi connectivity index (χ4n) is 4.64. The largest absolute Gasteiger partial charge is 0.493 e. The van der Waals surface area contributed by atoms with Crippen molar-refractivity contribution in [3.05, 3.63) is 125 Å². The zero-order valence-corrected chi connectivity index (χ0v) is 24.7. The van der Waals surface area contributed by atoms with Gasteiger partial charge in [0.1, 0.15) is 12.4 Å². The van der Waals surface area contributed by atoms with E-state index < -0.39 is 40.8 Å². The second-order valence-electron chi connectivity index (χ2n) is 9.41. The number of carbonyl (C=O) groups is 1. The molecule has 4 aromatic rings. The van der Waals surface area contributed by atoms with Crippen LogP contribution in [0.4, 0.5) is 17.6 Å². The summed E-state index contributed by atoms with van der Waals surface area (Å²) in [7, 11) is 1.43. The number of carbonyl (C=O) groups excluding carboxylic acids is 1. The number of halogens is 5. The van der Waals surface area contributed by atoms with E-state index in [0.717, 1.165) is 15.9 Å². The quantitative estimate of drug-likeness (QED) is 0.181. The molecule has 1 aromatic heterocycles. The predicted molar refractivity (Wildman–Crippen MR) is 156 cm³/mol. The van der Waals surface area contributed by atoms with Crippen LogP contribution in [0.25, 0.3) is 6.08 Å². The zero-order chi connectivity index (χ0) is 31.6. The highest BCUT2D eigenvalue weighted by Gasteiger charge is 2.45. The molecule has 0 bridgehead atoms. The van der Waals surface area contributed by atoms with E-state index in [4.69, 9.17) is 25.8 Å². The van der Waals surface area contributed by atoms with Gasteiger partial charge in [-0.05, 0) is 54.5 Å². The highest BCUT2D eigenvalue weighted by atomic mass is 35.5. The number of nitrogens with zero attached hydrogens (tertiary/aromatic N) is 2. The number of thiazole rings is 1. The number of esters is 1. The first-order chi connectivity index (χ1) is 21.0. The molecule has 1 atom stereocenters. The van der Waals surface area contributed by atoms with Crippen molar-refractivity contribution in [3.8, 4) is 11.5 Å². The number of para-hydroxylation sites is 1. The van der Waals surface area contributed by atoms with Gasteiger partial charge in [-0.3, -0.25) is 9.36 Å². The molecule has 0 amide bonds. The first-order valence-electron chi connectivity index (χ1n) is 13.1. The van der Waals surface area contributed by atoms with Gasteiger partial charge in [0.05, 0.1) is 29.9 Å². The van der Waals surface area contributed by atoms with Crippen LogP contribution in [0.2, 0.25) is 5.02 Å². The smallest absolute Gasteiger partial charge is 0.434 e. The maximum Gasteiger partial charge on any atom is 0.434 e. The fraction of sp³-hybridized carbons (Fsp3) is 0.194. The van der Waals surface area contributed by atoms with Crippen molar-refractivity contribution in [1.29, 1.82) is 0 Å². The minimum atomic E-state index is -5.03. The summed E-state index contributed by atoms with van der Waals surface area (Å²) < 4.78 is 73.9. The third-order valence-electron chi connectivity index (χ3n) is 6.59.